The summed E-state index contributed by atoms with van der Waals surface area (Å²) in [4.78, 5) is 0. The van der Waals surface area contributed by atoms with E-state index in [9.17, 15) is 5.26 Å². The maximum Gasteiger partial charge on any atom is 0.119 e. The summed E-state index contributed by atoms with van der Waals surface area (Å²) >= 11 is 0. The molecule has 4 nitrogen and oxygen atoms in total. The number of hydrogen-bond donors (Lipinski definition) is 0. The van der Waals surface area contributed by atoms with E-state index in [4.69, 9.17) is 9.84 Å². The number of hydrogen-bond acceptors (Lipinski definition) is 3. The second-order valence-electron chi connectivity index (χ2n) is 8.06. The third-order valence-corrected chi connectivity index (χ3v) is 5.83. The Hall–Kier alpha value is -4.88. The van der Waals surface area contributed by atoms with Crippen LogP contribution in [0.1, 0.15) is 11.1 Å². The van der Waals surface area contributed by atoms with Gasteiger partial charge in [0.1, 0.15) is 5.75 Å². The van der Waals surface area contributed by atoms with Crippen molar-refractivity contribution in [1.29, 1.82) is 5.26 Å². The molecule has 1 heterocycles. The molecule has 0 spiro atoms. The van der Waals surface area contributed by atoms with Crippen LogP contribution in [0.15, 0.2) is 115 Å². The molecule has 0 fully saturated rings. The zero-order valence-corrected chi connectivity index (χ0v) is 19.3. The minimum Gasteiger partial charge on any atom is -0.497 e. The molecule has 0 radical (unpaired) electrons. The molecule has 0 bridgehead atoms. The molecule has 5 aromatic rings. The molecule has 0 aliphatic heterocycles. The number of aromatic nitrogens is 2. The average Bonchev–Trinajstić information content (AvgIpc) is 3.36. The third kappa shape index (κ3) is 4.75. The van der Waals surface area contributed by atoms with Gasteiger partial charge in [0.25, 0.3) is 0 Å². The number of rotatable bonds is 6. The van der Waals surface area contributed by atoms with E-state index in [2.05, 4.69) is 42.5 Å². The first-order valence-electron chi connectivity index (χ1n) is 11.3. The van der Waals surface area contributed by atoms with Crippen molar-refractivity contribution in [2.75, 3.05) is 7.11 Å². The molecule has 0 atom stereocenters. The van der Waals surface area contributed by atoms with Crippen LogP contribution in [0.3, 0.4) is 0 Å². The molecule has 0 N–H and O–H groups in total. The van der Waals surface area contributed by atoms with Gasteiger partial charge in [-0.25, -0.2) is 4.68 Å². The third-order valence-electron chi connectivity index (χ3n) is 5.83. The van der Waals surface area contributed by atoms with Crippen molar-refractivity contribution < 1.29 is 4.74 Å². The molecule has 0 saturated carbocycles. The molecule has 168 valence electrons. The van der Waals surface area contributed by atoms with Crippen molar-refractivity contribution >= 4 is 11.6 Å². The van der Waals surface area contributed by atoms with Crippen molar-refractivity contribution in [2.24, 2.45) is 0 Å². The van der Waals surface area contributed by atoms with E-state index >= 15 is 0 Å². The Balaban J connectivity index is 1.61. The molecule has 0 saturated heterocycles. The lowest BCUT2D eigenvalue weighted by Crippen LogP contribution is -1.94. The summed E-state index contributed by atoms with van der Waals surface area (Å²) in [5, 5.41) is 14.9. The lowest BCUT2D eigenvalue weighted by atomic mass is 9.99. The summed E-state index contributed by atoms with van der Waals surface area (Å²) < 4.78 is 7.20. The van der Waals surface area contributed by atoms with Gasteiger partial charge in [-0.2, -0.15) is 10.4 Å². The summed E-state index contributed by atoms with van der Waals surface area (Å²) in [6.45, 7) is 0. The standard InChI is InChI=1S/C31H23N3O/c1-35-30-14-8-11-26(20-30)27(21-32)19-28-22-34(29-12-6-3-7-13-29)33-31(28)25-17-15-24(16-18-25)23-9-4-2-5-10-23/h2-20,22H,1H3/b27-19+. The SMILES string of the molecule is COc1cccc(/C(C#N)=C/c2cn(-c3ccccc3)nc2-c2ccc(-c3ccccc3)cc2)c1. The van der Waals surface area contributed by atoms with E-state index in [1.54, 1.807) is 7.11 Å². The highest BCUT2D eigenvalue weighted by atomic mass is 16.5. The number of benzene rings is 4. The lowest BCUT2D eigenvalue weighted by molar-refractivity contribution is 0.414. The van der Waals surface area contributed by atoms with Gasteiger partial charge in [0.2, 0.25) is 0 Å². The van der Waals surface area contributed by atoms with Crippen LogP contribution in [0.25, 0.3) is 39.7 Å². The number of nitrogens with zero attached hydrogens (tertiary/aromatic N) is 3. The van der Waals surface area contributed by atoms with Crippen molar-refractivity contribution in [3.05, 3.63) is 127 Å². The van der Waals surface area contributed by atoms with Crippen molar-refractivity contribution in [3.8, 4) is 39.9 Å². The Bertz CT molecular complexity index is 1510. The fraction of sp³-hybridized carbons (Fsp3) is 0.0323. The molecule has 0 aliphatic carbocycles. The highest BCUT2D eigenvalue weighted by molar-refractivity contribution is 5.92. The first kappa shape index (κ1) is 21.9. The van der Waals surface area contributed by atoms with E-state index in [0.717, 1.165) is 33.6 Å². The molecule has 4 aromatic carbocycles. The largest absolute Gasteiger partial charge is 0.497 e. The predicted molar refractivity (Wildman–Crippen MR) is 141 cm³/mol. The minimum absolute atomic E-state index is 0.540. The molecule has 0 unspecified atom stereocenters. The fourth-order valence-corrected chi connectivity index (χ4v) is 4.01. The lowest BCUT2D eigenvalue weighted by Gasteiger charge is -2.05. The second-order valence-corrected chi connectivity index (χ2v) is 8.06. The van der Waals surface area contributed by atoms with Gasteiger partial charge < -0.3 is 4.74 Å². The smallest absolute Gasteiger partial charge is 0.119 e. The van der Waals surface area contributed by atoms with Gasteiger partial charge in [0.05, 0.1) is 30.1 Å². The van der Waals surface area contributed by atoms with Crippen LogP contribution in [-0.2, 0) is 0 Å². The van der Waals surface area contributed by atoms with Gasteiger partial charge in [0.15, 0.2) is 0 Å². The van der Waals surface area contributed by atoms with Crippen LogP contribution in [-0.4, -0.2) is 16.9 Å². The zero-order chi connectivity index (χ0) is 24.0. The number of nitriles is 1. The quantitative estimate of drug-likeness (QED) is 0.254. The van der Waals surface area contributed by atoms with Crippen LogP contribution >= 0.6 is 0 Å². The molecule has 4 heteroatoms. The minimum atomic E-state index is 0.540. The van der Waals surface area contributed by atoms with E-state index in [1.165, 1.54) is 5.56 Å². The molecule has 0 amide bonds. The first-order valence-corrected chi connectivity index (χ1v) is 11.3. The maximum atomic E-state index is 9.97. The summed E-state index contributed by atoms with van der Waals surface area (Å²) in [5.74, 6) is 0.709. The Morgan fingerprint density at radius 3 is 2.14 bits per heavy atom. The number of methoxy groups -OCH3 is 1. The summed E-state index contributed by atoms with van der Waals surface area (Å²) in [6.07, 6.45) is 3.86. The first-order chi connectivity index (χ1) is 17.2. The monoisotopic (exact) mass is 453 g/mol. The van der Waals surface area contributed by atoms with Gasteiger partial charge in [0, 0.05) is 17.3 Å². The van der Waals surface area contributed by atoms with Crippen LogP contribution < -0.4 is 4.74 Å². The van der Waals surface area contributed by atoms with Crippen molar-refractivity contribution in [1.82, 2.24) is 9.78 Å². The molecule has 5 rings (SSSR count). The van der Waals surface area contributed by atoms with Crippen LogP contribution in [0.2, 0.25) is 0 Å². The van der Waals surface area contributed by atoms with Crippen LogP contribution in [0, 0.1) is 11.3 Å². The van der Waals surface area contributed by atoms with Gasteiger partial charge in [-0.05, 0) is 47.0 Å². The highest BCUT2D eigenvalue weighted by Gasteiger charge is 2.13. The summed E-state index contributed by atoms with van der Waals surface area (Å²) in [6, 6.07) is 38.5. The Morgan fingerprint density at radius 2 is 1.46 bits per heavy atom. The normalized spacial score (nSPS) is 11.1. The fourth-order valence-electron chi connectivity index (χ4n) is 4.01. The zero-order valence-electron chi connectivity index (χ0n) is 19.3. The van der Waals surface area contributed by atoms with E-state index < -0.39 is 0 Å². The van der Waals surface area contributed by atoms with Gasteiger partial charge in [-0.15, -0.1) is 0 Å². The average molecular weight is 454 g/mol. The molecule has 0 aliphatic rings. The van der Waals surface area contributed by atoms with Gasteiger partial charge in [-0.1, -0.05) is 84.9 Å². The summed E-state index contributed by atoms with van der Waals surface area (Å²) in [5.41, 5.74) is 7.25. The summed E-state index contributed by atoms with van der Waals surface area (Å²) in [7, 11) is 1.62. The second kappa shape index (κ2) is 9.94. The van der Waals surface area contributed by atoms with E-state index in [-0.39, 0.29) is 0 Å². The van der Waals surface area contributed by atoms with Crippen LogP contribution in [0.4, 0.5) is 0 Å². The molecular formula is C31H23N3O. The topological polar surface area (TPSA) is 50.8 Å². The van der Waals surface area contributed by atoms with Gasteiger partial charge >= 0.3 is 0 Å². The van der Waals surface area contributed by atoms with E-state index in [0.29, 0.717) is 11.3 Å². The predicted octanol–water partition coefficient (Wildman–Crippen LogP) is 7.28. The Labute approximate surface area is 205 Å². The number of ether oxygens (including phenoxy) is 1. The number of allylic oxidation sites excluding steroid dienone is 1. The maximum absolute atomic E-state index is 9.97. The van der Waals surface area contributed by atoms with Crippen LogP contribution in [0.5, 0.6) is 5.75 Å². The molecule has 35 heavy (non-hydrogen) atoms. The highest BCUT2D eigenvalue weighted by Crippen LogP contribution is 2.30. The van der Waals surface area contributed by atoms with Gasteiger partial charge in [-0.3, -0.25) is 0 Å². The van der Waals surface area contributed by atoms with Crippen molar-refractivity contribution in [2.45, 2.75) is 0 Å². The van der Waals surface area contributed by atoms with Crippen molar-refractivity contribution in [3.63, 3.8) is 0 Å². The number of para-hydroxylation sites is 1. The Morgan fingerprint density at radius 1 is 0.800 bits per heavy atom. The Kier molecular flexibility index (Phi) is 6.23. The molecular weight excluding hydrogens is 430 g/mol. The van der Waals surface area contributed by atoms with E-state index in [1.807, 2.05) is 89.8 Å². The molecule has 1 aromatic heterocycles.